The van der Waals surface area contributed by atoms with E-state index in [9.17, 15) is 18.0 Å². The summed E-state index contributed by atoms with van der Waals surface area (Å²) in [4.78, 5) is 22.1. The third-order valence-corrected chi connectivity index (χ3v) is 3.80. The summed E-state index contributed by atoms with van der Waals surface area (Å²) in [6.45, 7) is 6.05. The zero-order valence-electron chi connectivity index (χ0n) is 10.5. The van der Waals surface area contributed by atoms with Gasteiger partial charge in [-0.15, -0.1) is 0 Å². The maximum atomic E-state index is 11.5. The van der Waals surface area contributed by atoms with Gasteiger partial charge in [0, 0.05) is 0 Å². The molecule has 2 N–H and O–H groups in total. The van der Waals surface area contributed by atoms with Crippen molar-refractivity contribution in [1.82, 2.24) is 5.32 Å². The maximum Gasteiger partial charge on any atom is 0.328 e. The minimum atomic E-state index is -3.48. The molecule has 0 bridgehead atoms. The molecule has 0 aromatic rings. The van der Waals surface area contributed by atoms with Crippen molar-refractivity contribution in [2.75, 3.05) is 11.5 Å². The van der Waals surface area contributed by atoms with Gasteiger partial charge in [-0.3, -0.25) is 4.79 Å². The number of carbonyl (C=O) groups excluding carboxylic acids is 1. The van der Waals surface area contributed by atoms with Crippen LogP contribution in [0.25, 0.3) is 0 Å². The first-order chi connectivity index (χ1) is 7.46. The van der Waals surface area contributed by atoms with E-state index in [0.29, 0.717) is 0 Å². The highest BCUT2D eigenvalue weighted by molar-refractivity contribution is 7.92. The number of aliphatic carboxylic acids is 1. The van der Waals surface area contributed by atoms with Crippen LogP contribution in [-0.4, -0.2) is 42.4 Å². The van der Waals surface area contributed by atoms with Crippen LogP contribution in [0, 0.1) is 5.92 Å². The van der Waals surface area contributed by atoms with Crippen molar-refractivity contribution >= 4 is 21.7 Å². The van der Waals surface area contributed by atoms with Crippen LogP contribution in [-0.2, 0) is 19.4 Å². The van der Waals surface area contributed by atoms with Crippen molar-refractivity contribution in [3.63, 3.8) is 0 Å². The van der Waals surface area contributed by atoms with E-state index < -0.39 is 33.0 Å². The van der Waals surface area contributed by atoms with E-state index in [1.807, 2.05) is 0 Å². The summed E-state index contributed by atoms with van der Waals surface area (Å²) in [7, 11) is -3.48. The standard InChI is InChI=1S/C10H19NO5S/c1-7(2)5-17(15,16)6-8(12)11-10(3,4)9(13)14/h7H,5-6H2,1-4H3,(H,11,12)(H,13,14). The lowest BCUT2D eigenvalue weighted by molar-refractivity contribution is -0.145. The van der Waals surface area contributed by atoms with Crippen molar-refractivity contribution in [3.8, 4) is 0 Å². The molecule has 0 rings (SSSR count). The van der Waals surface area contributed by atoms with Gasteiger partial charge in [-0.2, -0.15) is 0 Å². The third-order valence-electron chi connectivity index (χ3n) is 1.92. The lowest BCUT2D eigenvalue weighted by atomic mass is 10.1. The van der Waals surface area contributed by atoms with Gasteiger partial charge in [-0.05, 0) is 19.8 Å². The van der Waals surface area contributed by atoms with Gasteiger partial charge in [0.1, 0.15) is 11.3 Å². The van der Waals surface area contributed by atoms with E-state index in [4.69, 9.17) is 5.11 Å². The highest BCUT2D eigenvalue weighted by atomic mass is 32.2. The smallest absolute Gasteiger partial charge is 0.328 e. The second-order valence-electron chi connectivity index (χ2n) is 4.93. The summed E-state index contributed by atoms with van der Waals surface area (Å²) in [6, 6.07) is 0. The fourth-order valence-corrected chi connectivity index (χ4v) is 2.81. The number of carbonyl (C=O) groups is 2. The predicted octanol–water partition coefficient (Wildman–Crippen LogP) is 0.0366. The van der Waals surface area contributed by atoms with Gasteiger partial charge in [0.2, 0.25) is 5.91 Å². The fraction of sp³-hybridized carbons (Fsp3) is 0.800. The number of hydrogen-bond acceptors (Lipinski definition) is 4. The van der Waals surface area contributed by atoms with Gasteiger partial charge in [-0.25, -0.2) is 13.2 Å². The van der Waals surface area contributed by atoms with Crippen molar-refractivity contribution in [3.05, 3.63) is 0 Å². The molecule has 1 amide bonds. The molecule has 0 atom stereocenters. The molecule has 17 heavy (non-hydrogen) atoms. The number of hydrogen-bond donors (Lipinski definition) is 2. The molecular formula is C10H19NO5S. The first-order valence-corrected chi connectivity index (χ1v) is 7.03. The fourth-order valence-electron chi connectivity index (χ4n) is 1.20. The molecule has 0 aromatic heterocycles. The second kappa shape index (κ2) is 5.48. The maximum absolute atomic E-state index is 11.5. The normalized spacial score (nSPS) is 12.5. The Hall–Kier alpha value is -1.11. The topological polar surface area (TPSA) is 101 Å². The third kappa shape index (κ3) is 6.25. The first-order valence-electron chi connectivity index (χ1n) is 5.21. The van der Waals surface area contributed by atoms with Crippen molar-refractivity contribution < 1.29 is 23.1 Å². The number of amides is 1. The van der Waals surface area contributed by atoms with Gasteiger partial charge in [0.25, 0.3) is 0 Å². The molecule has 0 aliphatic heterocycles. The molecule has 0 radical (unpaired) electrons. The SMILES string of the molecule is CC(C)CS(=O)(=O)CC(=O)NC(C)(C)C(=O)O. The quantitative estimate of drug-likeness (QED) is 0.706. The summed E-state index contributed by atoms with van der Waals surface area (Å²) in [5.74, 6) is -2.85. The van der Waals surface area contributed by atoms with Crippen LogP contribution in [0.1, 0.15) is 27.7 Å². The van der Waals surface area contributed by atoms with Crippen LogP contribution < -0.4 is 5.32 Å². The zero-order valence-corrected chi connectivity index (χ0v) is 11.3. The lowest BCUT2D eigenvalue weighted by Gasteiger charge is -2.20. The van der Waals surface area contributed by atoms with Crippen molar-refractivity contribution in [2.45, 2.75) is 33.2 Å². The average Bonchev–Trinajstić information content (AvgIpc) is 1.96. The monoisotopic (exact) mass is 265 g/mol. The Morgan fingerprint density at radius 1 is 1.29 bits per heavy atom. The van der Waals surface area contributed by atoms with Crippen LogP contribution in [0.3, 0.4) is 0 Å². The van der Waals surface area contributed by atoms with E-state index in [1.54, 1.807) is 13.8 Å². The number of nitrogens with one attached hydrogen (secondary N) is 1. The van der Waals surface area contributed by atoms with Gasteiger partial charge in [0.05, 0.1) is 5.75 Å². The van der Waals surface area contributed by atoms with Crippen molar-refractivity contribution in [1.29, 1.82) is 0 Å². The largest absolute Gasteiger partial charge is 0.480 e. The van der Waals surface area contributed by atoms with Gasteiger partial charge >= 0.3 is 5.97 Å². The molecule has 0 heterocycles. The Morgan fingerprint density at radius 2 is 1.76 bits per heavy atom. The van der Waals surface area contributed by atoms with Crippen molar-refractivity contribution in [2.24, 2.45) is 5.92 Å². The highest BCUT2D eigenvalue weighted by Crippen LogP contribution is 2.04. The van der Waals surface area contributed by atoms with Gasteiger partial charge in [-0.1, -0.05) is 13.8 Å². The number of sulfone groups is 1. The van der Waals surface area contributed by atoms with Crippen LogP contribution in [0.2, 0.25) is 0 Å². The van der Waals surface area contributed by atoms with E-state index in [0.717, 1.165) is 0 Å². The Labute approximate surface area is 101 Å². The molecule has 0 saturated carbocycles. The molecule has 0 spiro atoms. The Morgan fingerprint density at radius 3 is 2.12 bits per heavy atom. The van der Waals surface area contributed by atoms with E-state index in [2.05, 4.69) is 5.32 Å². The Bertz CT molecular complexity index is 397. The molecule has 0 saturated heterocycles. The van der Waals surface area contributed by atoms with Crippen LogP contribution in [0.5, 0.6) is 0 Å². The summed E-state index contributed by atoms with van der Waals surface area (Å²) in [6.07, 6.45) is 0. The van der Waals surface area contributed by atoms with Crippen LogP contribution in [0.15, 0.2) is 0 Å². The van der Waals surface area contributed by atoms with E-state index in [1.165, 1.54) is 13.8 Å². The minimum Gasteiger partial charge on any atom is -0.480 e. The Balaban J connectivity index is 4.53. The lowest BCUT2D eigenvalue weighted by Crippen LogP contribution is -2.51. The highest BCUT2D eigenvalue weighted by Gasteiger charge is 2.30. The molecule has 6 nitrogen and oxygen atoms in total. The van der Waals surface area contributed by atoms with E-state index >= 15 is 0 Å². The Kier molecular flexibility index (Phi) is 5.12. The molecule has 100 valence electrons. The molecule has 7 heteroatoms. The first kappa shape index (κ1) is 15.9. The number of rotatable bonds is 6. The van der Waals surface area contributed by atoms with Crippen LogP contribution in [0.4, 0.5) is 0 Å². The predicted molar refractivity (Wildman–Crippen MR) is 63.3 cm³/mol. The average molecular weight is 265 g/mol. The number of carboxylic acids is 1. The zero-order chi connectivity index (χ0) is 13.9. The summed E-state index contributed by atoms with van der Waals surface area (Å²) >= 11 is 0. The van der Waals surface area contributed by atoms with Gasteiger partial charge in [0.15, 0.2) is 9.84 Å². The van der Waals surface area contributed by atoms with E-state index in [-0.39, 0.29) is 11.7 Å². The molecule has 0 aliphatic carbocycles. The molecule has 0 aliphatic rings. The number of carboxylic acid groups (broad SMARTS) is 1. The molecule has 0 aromatic carbocycles. The molecule has 0 unspecified atom stereocenters. The van der Waals surface area contributed by atoms with Crippen LogP contribution >= 0.6 is 0 Å². The summed E-state index contributed by atoms with van der Waals surface area (Å²) in [5.41, 5.74) is -1.47. The van der Waals surface area contributed by atoms with Gasteiger partial charge < -0.3 is 10.4 Å². The molecular weight excluding hydrogens is 246 g/mol. The molecule has 0 fully saturated rings. The minimum absolute atomic E-state index is 0.0692. The summed E-state index contributed by atoms with van der Waals surface area (Å²) in [5, 5.41) is 10.9. The second-order valence-corrected chi connectivity index (χ2v) is 7.04. The summed E-state index contributed by atoms with van der Waals surface area (Å²) < 4.78 is 23.0.